The van der Waals surface area contributed by atoms with Crippen molar-refractivity contribution in [2.75, 3.05) is 5.34 Å². The predicted octanol–water partition coefficient (Wildman–Crippen LogP) is 15.0. The van der Waals surface area contributed by atoms with Crippen molar-refractivity contribution < 1.29 is 0 Å². The van der Waals surface area contributed by atoms with Crippen LogP contribution < -0.4 is 0 Å². The van der Waals surface area contributed by atoms with Crippen LogP contribution in [0.5, 0.6) is 0 Å². The van der Waals surface area contributed by atoms with Gasteiger partial charge in [-0.05, 0) is 134 Å². The molecule has 0 N–H and O–H groups in total. The van der Waals surface area contributed by atoms with E-state index in [1.54, 1.807) is 0 Å². The molecule has 0 heterocycles. The van der Waals surface area contributed by atoms with E-state index < -0.39 is 0 Å². The average molecular weight is 692 g/mol. The smallest absolute Gasteiger partial charge is 0.0967 e. The third kappa shape index (κ3) is 5.49. The van der Waals surface area contributed by atoms with Crippen molar-refractivity contribution in [3.63, 3.8) is 0 Å². The number of fused-ring (bicyclic) bond motifs is 6. The molecule has 2 heteroatoms. The zero-order valence-corrected chi connectivity index (χ0v) is 29.3. The van der Waals surface area contributed by atoms with E-state index in [9.17, 15) is 0 Å². The molecule has 0 saturated carbocycles. The zero-order chi connectivity index (χ0) is 34.3. The van der Waals surface area contributed by atoms with Crippen molar-refractivity contribution in [2.45, 2.75) is 0 Å². The van der Waals surface area contributed by atoms with Gasteiger partial charge < -0.3 is 0 Å². The van der Waals surface area contributed by atoms with Crippen LogP contribution in [0.25, 0.3) is 98.0 Å². The van der Waals surface area contributed by atoms with Crippen LogP contribution in [0.15, 0.2) is 182 Å². The monoisotopic (exact) mass is 690 g/mol. The van der Waals surface area contributed by atoms with Gasteiger partial charge in [-0.25, -0.2) is 0 Å². The number of hydrogen-bond donors (Lipinski definition) is 0. The molecule has 0 aliphatic heterocycles. The van der Waals surface area contributed by atoms with E-state index in [1.807, 2.05) is 0 Å². The normalized spacial score (nSPS) is 11.4. The van der Waals surface area contributed by atoms with Gasteiger partial charge in [0.25, 0.3) is 0 Å². The molecule has 0 bridgehead atoms. The van der Waals surface area contributed by atoms with Crippen LogP contribution in [0.3, 0.4) is 0 Å². The Bertz CT molecular complexity index is 2430. The van der Waals surface area contributed by atoms with Crippen LogP contribution >= 0.6 is 23.2 Å². The molecule has 0 aliphatic rings. The van der Waals surface area contributed by atoms with E-state index in [0.29, 0.717) is 0 Å². The highest BCUT2D eigenvalue weighted by Gasteiger charge is 2.18. The van der Waals surface area contributed by atoms with Gasteiger partial charge in [-0.1, -0.05) is 146 Å². The molecule has 51 heavy (non-hydrogen) atoms. The molecule has 0 unspecified atom stereocenters. The summed E-state index contributed by atoms with van der Waals surface area (Å²) in [5, 5.41) is 15.3. The lowest BCUT2D eigenvalue weighted by Crippen LogP contribution is -1.92. The average Bonchev–Trinajstić information content (AvgIpc) is 3.18. The lowest BCUT2D eigenvalue weighted by molar-refractivity contribution is 1.63. The van der Waals surface area contributed by atoms with Crippen molar-refractivity contribution in [3.8, 4) is 33.4 Å². The molecule has 0 radical (unpaired) electrons. The molecule has 242 valence electrons. The fourth-order valence-corrected chi connectivity index (χ4v) is 8.03. The molecular formula is C49H32Cl2. The van der Waals surface area contributed by atoms with Crippen LogP contribution in [0, 0.1) is 0 Å². The highest BCUT2D eigenvalue weighted by Crippen LogP contribution is 2.45. The summed E-state index contributed by atoms with van der Waals surface area (Å²) in [6, 6.07) is 67.4. The molecule has 0 aliphatic carbocycles. The maximum atomic E-state index is 4.76. The number of benzene rings is 10. The van der Waals surface area contributed by atoms with Crippen molar-refractivity contribution >= 4 is 87.8 Å². The van der Waals surface area contributed by atoms with Crippen LogP contribution in [0.4, 0.5) is 0 Å². The number of rotatable bonds is 3. The van der Waals surface area contributed by atoms with Crippen LogP contribution in [-0.2, 0) is 0 Å². The summed E-state index contributed by atoms with van der Waals surface area (Å²) in [6.07, 6.45) is 0. The Kier molecular flexibility index (Phi) is 8.13. The largest absolute Gasteiger partial charge is 0.109 e. The molecular weight excluding hydrogens is 659 g/mol. The van der Waals surface area contributed by atoms with Gasteiger partial charge in [0.1, 0.15) is 0 Å². The van der Waals surface area contributed by atoms with Gasteiger partial charge in [-0.2, -0.15) is 0 Å². The molecule has 0 aromatic heterocycles. The molecule has 0 spiro atoms. The first kappa shape index (κ1) is 31.3. The Morgan fingerprint density at radius 3 is 0.627 bits per heavy atom. The van der Waals surface area contributed by atoms with Crippen molar-refractivity contribution in [1.82, 2.24) is 0 Å². The molecule has 0 amide bonds. The summed E-state index contributed by atoms with van der Waals surface area (Å²) in [6.45, 7) is 0. The maximum Gasteiger partial charge on any atom is 0.0967 e. The lowest BCUT2D eigenvalue weighted by Gasteiger charge is -2.19. The highest BCUT2D eigenvalue weighted by molar-refractivity contribution is 6.40. The molecule has 0 atom stereocenters. The fraction of sp³-hybridized carbons (Fsp3) is 0.0204. The minimum atomic E-state index is 0.194. The first-order valence-electron chi connectivity index (χ1n) is 17.2. The van der Waals surface area contributed by atoms with Crippen LogP contribution in [0.2, 0.25) is 0 Å². The topological polar surface area (TPSA) is 0 Å². The van der Waals surface area contributed by atoms with Gasteiger partial charge in [-0.15, -0.1) is 23.2 Å². The summed E-state index contributed by atoms with van der Waals surface area (Å²) >= 11 is 9.53. The van der Waals surface area contributed by atoms with Gasteiger partial charge in [0.05, 0.1) is 5.34 Å². The summed E-state index contributed by atoms with van der Waals surface area (Å²) in [5.74, 6) is 0. The van der Waals surface area contributed by atoms with Gasteiger partial charge in [0.15, 0.2) is 0 Å². The van der Waals surface area contributed by atoms with E-state index in [1.165, 1.54) is 98.0 Å². The van der Waals surface area contributed by atoms with Gasteiger partial charge in [-0.3, -0.25) is 0 Å². The molecule has 0 nitrogen and oxygen atoms in total. The SMILES string of the molecule is ClCCl.c1ccc2c(-c3cc(-c4c5ccccc5cc5ccccc45)cc(-c4c5ccccc5cc5ccccc45)c3)c3ccccc3cc2c1. The van der Waals surface area contributed by atoms with Gasteiger partial charge >= 0.3 is 0 Å². The van der Waals surface area contributed by atoms with Crippen molar-refractivity contribution in [2.24, 2.45) is 0 Å². The minimum absolute atomic E-state index is 0.194. The Hall–Kier alpha value is -5.66. The quantitative estimate of drug-likeness (QED) is 0.128. The highest BCUT2D eigenvalue weighted by atomic mass is 35.5. The second-order valence-electron chi connectivity index (χ2n) is 13.0. The Balaban J connectivity index is 0.00000112. The Labute approximate surface area is 307 Å². The second kappa shape index (κ2) is 13.2. The predicted molar refractivity (Wildman–Crippen MR) is 224 cm³/mol. The first-order valence-corrected chi connectivity index (χ1v) is 18.3. The van der Waals surface area contributed by atoms with Crippen molar-refractivity contribution in [1.29, 1.82) is 0 Å². The number of hydrogen-bond acceptors (Lipinski definition) is 0. The summed E-state index contributed by atoms with van der Waals surface area (Å²) in [4.78, 5) is 0. The summed E-state index contributed by atoms with van der Waals surface area (Å²) < 4.78 is 0. The van der Waals surface area contributed by atoms with Gasteiger partial charge in [0.2, 0.25) is 0 Å². The second-order valence-corrected chi connectivity index (χ2v) is 13.8. The number of halogens is 2. The molecule has 10 rings (SSSR count). The van der Waals surface area contributed by atoms with Crippen LogP contribution in [-0.4, -0.2) is 5.34 Å². The molecule has 0 fully saturated rings. The minimum Gasteiger partial charge on any atom is -0.109 e. The fourth-order valence-electron chi connectivity index (χ4n) is 8.03. The maximum absolute atomic E-state index is 4.76. The van der Waals surface area contributed by atoms with E-state index in [2.05, 4.69) is 182 Å². The standard InChI is InChI=1S/C48H30.CH2Cl2/c1-7-19-40-31(13-1)25-32-14-2-8-20-41(32)46(40)37-28-38(47-42-21-9-3-15-33(42)26-34-16-4-10-22-43(34)47)30-39(29-37)48-44-23-11-5-17-35(44)27-36-18-6-12-24-45(36)48;2-1-3/h1-30H;1H2. The summed E-state index contributed by atoms with van der Waals surface area (Å²) in [7, 11) is 0. The lowest BCUT2D eigenvalue weighted by atomic mass is 9.84. The van der Waals surface area contributed by atoms with Crippen molar-refractivity contribution in [3.05, 3.63) is 182 Å². The Morgan fingerprint density at radius 1 is 0.255 bits per heavy atom. The van der Waals surface area contributed by atoms with Gasteiger partial charge in [0, 0.05) is 0 Å². The van der Waals surface area contributed by atoms with E-state index >= 15 is 0 Å². The first-order chi connectivity index (χ1) is 25.2. The number of alkyl halides is 2. The van der Waals surface area contributed by atoms with E-state index in [4.69, 9.17) is 23.2 Å². The third-order valence-electron chi connectivity index (χ3n) is 10.1. The molecule has 0 saturated heterocycles. The van der Waals surface area contributed by atoms with E-state index in [0.717, 1.165) is 0 Å². The Morgan fingerprint density at radius 2 is 0.431 bits per heavy atom. The third-order valence-corrected chi connectivity index (χ3v) is 10.1. The summed E-state index contributed by atoms with van der Waals surface area (Å²) in [5.41, 5.74) is 7.52. The van der Waals surface area contributed by atoms with E-state index in [-0.39, 0.29) is 5.34 Å². The molecule has 10 aromatic carbocycles. The van der Waals surface area contributed by atoms with Crippen LogP contribution in [0.1, 0.15) is 0 Å². The molecule has 10 aromatic rings. The zero-order valence-electron chi connectivity index (χ0n) is 27.8.